The zero-order valence-electron chi connectivity index (χ0n) is 13.0. The Morgan fingerprint density at radius 3 is 2.43 bits per heavy atom. The molecule has 2 rings (SSSR count). The molecule has 6 nitrogen and oxygen atoms in total. The van der Waals surface area contributed by atoms with Crippen molar-refractivity contribution >= 4 is 21.5 Å². The molecule has 1 aromatic heterocycles. The van der Waals surface area contributed by atoms with Crippen molar-refractivity contribution in [1.82, 2.24) is 9.97 Å². The van der Waals surface area contributed by atoms with Crippen molar-refractivity contribution in [2.45, 2.75) is 33.6 Å². The summed E-state index contributed by atoms with van der Waals surface area (Å²) in [6, 6.07) is 0. The highest BCUT2D eigenvalue weighted by atomic mass is 32.2. The highest BCUT2D eigenvalue weighted by molar-refractivity contribution is 7.91. The molecular formula is C14H24N4O2S. The summed E-state index contributed by atoms with van der Waals surface area (Å²) in [6.45, 7) is 8.02. The molecule has 7 heteroatoms. The maximum absolute atomic E-state index is 11.6. The lowest BCUT2D eigenvalue weighted by Crippen LogP contribution is -2.41. The lowest BCUT2D eigenvalue weighted by atomic mass is 10.2. The lowest BCUT2D eigenvalue weighted by molar-refractivity contribution is 0.586. The van der Waals surface area contributed by atoms with Crippen molar-refractivity contribution in [3.05, 3.63) is 11.4 Å². The molecule has 0 amide bonds. The van der Waals surface area contributed by atoms with Crippen LogP contribution in [-0.4, -0.2) is 49.5 Å². The fourth-order valence-corrected chi connectivity index (χ4v) is 3.56. The molecule has 1 aliphatic heterocycles. The van der Waals surface area contributed by atoms with Gasteiger partial charge in [-0.3, -0.25) is 0 Å². The highest BCUT2D eigenvalue weighted by Crippen LogP contribution is 2.25. The third kappa shape index (κ3) is 3.84. The van der Waals surface area contributed by atoms with Crippen molar-refractivity contribution in [2.24, 2.45) is 0 Å². The Morgan fingerprint density at radius 1 is 1.19 bits per heavy atom. The summed E-state index contributed by atoms with van der Waals surface area (Å²) >= 11 is 0. The van der Waals surface area contributed by atoms with Gasteiger partial charge < -0.3 is 10.2 Å². The summed E-state index contributed by atoms with van der Waals surface area (Å²) in [5, 5.41) is 3.34. The van der Waals surface area contributed by atoms with Gasteiger partial charge in [0.25, 0.3) is 0 Å². The highest BCUT2D eigenvalue weighted by Gasteiger charge is 2.24. The molecule has 2 heterocycles. The van der Waals surface area contributed by atoms with Gasteiger partial charge in [0.2, 0.25) is 0 Å². The molecule has 21 heavy (non-hydrogen) atoms. The first kappa shape index (κ1) is 16.0. The smallest absolute Gasteiger partial charge is 0.153 e. The van der Waals surface area contributed by atoms with Crippen LogP contribution in [0.25, 0.3) is 0 Å². The first-order valence-corrected chi connectivity index (χ1v) is 9.35. The molecule has 118 valence electrons. The number of anilines is 2. The predicted octanol–water partition coefficient (Wildman–Crippen LogP) is 1.40. The van der Waals surface area contributed by atoms with E-state index in [9.17, 15) is 8.42 Å². The second-order valence-corrected chi connectivity index (χ2v) is 7.66. The van der Waals surface area contributed by atoms with Gasteiger partial charge in [0.05, 0.1) is 11.5 Å². The van der Waals surface area contributed by atoms with Crippen molar-refractivity contribution in [1.29, 1.82) is 0 Å². The van der Waals surface area contributed by atoms with Gasteiger partial charge in [-0.25, -0.2) is 18.4 Å². The molecule has 1 saturated heterocycles. The van der Waals surface area contributed by atoms with Crippen LogP contribution in [-0.2, 0) is 16.3 Å². The van der Waals surface area contributed by atoms with Gasteiger partial charge in [0, 0.05) is 31.6 Å². The van der Waals surface area contributed by atoms with E-state index >= 15 is 0 Å². The Morgan fingerprint density at radius 2 is 1.86 bits per heavy atom. The van der Waals surface area contributed by atoms with Gasteiger partial charge in [-0.1, -0.05) is 13.8 Å². The zero-order chi connectivity index (χ0) is 15.5. The largest absolute Gasteiger partial charge is 0.370 e. The Hall–Kier alpha value is -1.37. The van der Waals surface area contributed by atoms with Crippen molar-refractivity contribution < 1.29 is 8.42 Å². The van der Waals surface area contributed by atoms with Gasteiger partial charge in [0.15, 0.2) is 9.84 Å². The normalized spacial score (nSPS) is 17.8. The third-order valence-electron chi connectivity index (χ3n) is 3.67. The fourth-order valence-electron chi connectivity index (χ4n) is 2.36. The number of aryl methyl sites for hydroxylation is 1. The predicted molar refractivity (Wildman–Crippen MR) is 85.8 cm³/mol. The number of nitrogens with zero attached hydrogens (tertiary/aromatic N) is 3. The molecule has 0 radical (unpaired) electrons. The van der Waals surface area contributed by atoms with Crippen LogP contribution in [0, 0.1) is 6.92 Å². The number of rotatable bonds is 5. The molecule has 0 unspecified atom stereocenters. The number of nitrogens with one attached hydrogen (secondary N) is 1. The van der Waals surface area contributed by atoms with Crippen LogP contribution < -0.4 is 10.2 Å². The Balaban J connectivity index is 2.29. The molecule has 0 spiro atoms. The Kier molecular flexibility index (Phi) is 5.03. The van der Waals surface area contributed by atoms with Gasteiger partial charge in [0.1, 0.15) is 17.5 Å². The maximum Gasteiger partial charge on any atom is 0.153 e. The minimum Gasteiger partial charge on any atom is -0.370 e. The van der Waals surface area contributed by atoms with E-state index < -0.39 is 9.84 Å². The average molecular weight is 312 g/mol. The van der Waals surface area contributed by atoms with Gasteiger partial charge in [-0.2, -0.15) is 0 Å². The van der Waals surface area contributed by atoms with Gasteiger partial charge in [-0.15, -0.1) is 0 Å². The van der Waals surface area contributed by atoms with Crippen LogP contribution in [0.1, 0.15) is 31.7 Å². The van der Waals surface area contributed by atoms with E-state index in [0.29, 0.717) is 13.1 Å². The summed E-state index contributed by atoms with van der Waals surface area (Å²) in [7, 11) is -2.88. The fraction of sp³-hybridized carbons (Fsp3) is 0.714. The molecule has 0 aliphatic carbocycles. The van der Waals surface area contributed by atoms with Crippen LogP contribution in [0.3, 0.4) is 0 Å². The lowest BCUT2D eigenvalue weighted by Gasteiger charge is -2.29. The van der Waals surface area contributed by atoms with E-state index in [4.69, 9.17) is 0 Å². The number of sulfone groups is 1. The van der Waals surface area contributed by atoms with E-state index in [1.165, 1.54) is 0 Å². The molecular weight excluding hydrogens is 288 g/mol. The number of aromatic nitrogens is 2. The van der Waals surface area contributed by atoms with Crippen LogP contribution in [0.5, 0.6) is 0 Å². The number of hydrogen-bond acceptors (Lipinski definition) is 6. The topological polar surface area (TPSA) is 75.2 Å². The van der Waals surface area contributed by atoms with Crippen LogP contribution in [0.4, 0.5) is 11.6 Å². The first-order valence-electron chi connectivity index (χ1n) is 7.53. The second kappa shape index (κ2) is 6.60. The van der Waals surface area contributed by atoms with Crippen LogP contribution in [0.15, 0.2) is 0 Å². The van der Waals surface area contributed by atoms with Gasteiger partial charge in [-0.05, 0) is 13.3 Å². The minimum atomic E-state index is -2.88. The van der Waals surface area contributed by atoms with E-state index in [0.717, 1.165) is 42.4 Å². The molecule has 0 bridgehead atoms. The molecule has 0 atom stereocenters. The molecule has 0 aromatic carbocycles. The van der Waals surface area contributed by atoms with Crippen LogP contribution in [0.2, 0.25) is 0 Å². The monoisotopic (exact) mass is 312 g/mol. The molecule has 1 fully saturated rings. The quantitative estimate of drug-likeness (QED) is 0.886. The summed E-state index contributed by atoms with van der Waals surface area (Å²) in [4.78, 5) is 11.2. The second-order valence-electron chi connectivity index (χ2n) is 5.36. The number of hydrogen-bond donors (Lipinski definition) is 1. The summed E-state index contributed by atoms with van der Waals surface area (Å²) in [5.74, 6) is 2.94. The molecule has 1 aliphatic rings. The molecule has 1 aromatic rings. The Bertz CT molecular complexity index is 587. The van der Waals surface area contributed by atoms with E-state index in [1.54, 1.807) is 0 Å². The van der Waals surface area contributed by atoms with Crippen LogP contribution >= 0.6 is 0 Å². The average Bonchev–Trinajstić information content (AvgIpc) is 2.46. The molecule has 1 N–H and O–H groups in total. The van der Waals surface area contributed by atoms with Crippen molar-refractivity contribution in [3.8, 4) is 0 Å². The van der Waals surface area contributed by atoms with E-state index in [-0.39, 0.29) is 11.5 Å². The summed E-state index contributed by atoms with van der Waals surface area (Å²) in [6.07, 6.45) is 1.79. The summed E-state index contributed by atoms with van der Waals surface area (Å²) < 4.78 is 23.1. The van der Waals surface area contributed by atoms with Crippen molar-refractivity contribution in [3.63, 3.8) is 0 Å². The first-order chi connectivity index (χ1) is 9.96. The van der Waals surface area contributed by atoms with Gasteiger partial charge >= 0.3 is 0 Å². The SMILES string of the molecule is CCCNc1nc(CC)nc(N2CCS(=O)(=O)CC2)c1C. The minimum absolute atomic E-state index is 0.204. The Labute approximate surface area is 126 Å². The maximum atomic E-state index is 11.6. The zero-order valence-corrected chi connectivity index (χ0v) is 13.8. The third-order valence-corrected chi connectivity index (χ3v) is 5.28. The van der Waals surface area contributed by atoms with Crippen molar-refractivity contribution in [2.75, 3.05) is 41.4 Å². The standard InChI is InChI=1S/C14H24N4O2S/c1-4-6-15-13-11(3)14(17-12(5-2)16-13)18-7-9-21(19,20)10-8-18/h4-10H2,1-3H3,(H,15,16,17). The van der Waals surface area contributed by atoms with E-state index in [2.05, 4.69) is 27.1 Å². The van der Waals surface area contributed by atoms with E-state index in [1.807, 2.05) is 13.8 Å². The summed E-state index contributed by atoms with van der Waals surface area (Å²) in [5.41, 5.74) is 1.000. The molecule has 0 saturated carbocycles.